The number of hydrogen-bond donors (Lipinski definition) is 1. The Morgan fingerprint density at radius 2 is 1.77 bits per heavy atom. The average Bonchev–Trinajstić information content (AvgIpc) is 3.46. The third kappa shape index (κ3) is 4.15. The van der Waals surface area contributed by atoms with Gasteiger partial charge in [-0.15, -0.1) is 0 Å². The molecule has 0 aliphatic carbocycles. The smallest absolute Gasteiger partial charge is 0.255 e. The molecule has 1 N–H and O–H groups in total. The number of carbonyl (C=O) groups is 2. The topological polar surface area (TPSA) is 96.0 Å². The second kappa shape index (κ2) is 8.68. The molecule has 4 rings (SSSR count). The quantitative estimate of drug-likeness (QED) is 0.741. The number of ether oxygens (including phenoxy) is 1. The lowest BCUT2D eigenvalue weighted by molar-refractivity contribution is -0.117. The summed E-state index contributed by atoms with van der Waals surface area (Å²) in [5, 5.41) is 2.83. The highest BCUT2D eigenvalue weighted by Crippen LogP contribution is 2.32. The van der Waals surface area contributed by atoms with Crippen molar-refractivity contribution in [3.8, 4) is 5.75 Å². The highest BCUT2D eigenvalue weighted by atomic mass is 32.2. The van der Waals surface area contributed by atoms with Gasteiger partial charge >= 0.3 is 0 Å². The van der Waals surface area contributed by atoms with E-state index in [9.17, 15) is 18.0 Å². The Hall–Kier alpha value is -2.91. The first-order valence-corrected chi connectivity index (χ1v) is 11.7. The van der Waals surface area contributed by atoms with Crippen molar-refractivity contribution in [2.75, 3.05) is 37.0 Å². The maximum Gasteiger partial charge on any atom is 0.255 e. The summed E-state index contributed by atoms with van der Waals surface area (Å²) in [5.41, 5.74) is 1.33. The zero-order chi connectivity index (χ0) is 22.0. The Morgan fingerprint density at radius 3 is 2.45 bits per heavy atom. The van der Waals surface area contributed by atoms with Crippen LogP contribution in [0.15, 0.2) is 47.4 Å². The van der Waals surface area contributed by atoms with Gasteiger partial charge in [-0.3, -0.25) is 9.59 Å². The van der Waals surface area contributed by atoms with E-state index in [0.29, 0.717) is 37.4 Å². The molecule has 2 aliphatic heterocycles. The van der Waals surface area contributed by atoms with Crippen LogP contribution in [0.25, 0.3) is 0 Å². The Balaban J connectivity index is 1.64. The average molecular weight is 444 g/mol. The van der Waals surface area contributed by atoms with Crippen LogP contribution < -0.4 is 15.0 Å². The lowest BCUT2D eigenvalue weighted by Gasteiger charge is -2.20. The van der Waals surface area contributed by atoms with Gasteiger partial charge in [0.1, 0.15) is 10.6 Å². The van der Waals surface area contributed by atoms with E-state index in [-0.39, 0.29) is 22.1 Å². The van der Waals surface area contributed by atoms with E-state index in [1.165, 1.54) is 29.6 Å². The molecule has 2 fully saturated rings. The van der Waals surface area contributed by atoms with Gasteiger partial charge in [-0.2, -0.15) is 4.31 Å². The number of sulfonamides is 1. The van der Waals surface area contributed by atoms with E-state index in [0.717, 1.165) is 19.3 Å². The Labute approximate surface area is 181 Å². The van der Waals surface area contributed by atoms with Crippen LogP contribution in [-0.2, 0) is 14.8 Å². The molecule has 0 saturated carbocycles. The highest BCUT2D eigenvalue weighted by molar-refractivity contribution is 7.89. The molecule has 2 amide bonds. The molecular weight excluding hydrogens is 418 g/mol. The monoisotopic (exact) mass is 443 g/mol. The van der Waals surface area contributed by atoms with Crippen LogP contribution in [0.1, 0.15) is 36.0 Å². The highest BCUT2D eigenvalue weighted by Gasteiger charge is 2.31. The molecule has 164 valence electrons. The fourth-order valence-corrected chi connectivity index (χ4v) is 5.70. The molecule has 8 nitrogen and oxygen atoms in total. The largest absolute Gasteiger partial charge is 0.495 e. The van der Waals surface area contributed by atoms with Crippen molar-refractivity contribution in [3.63, 3.8) is 0 Å². The fraction of sp³-hybridized carbons (Fsp3) is 0.364. The number of para-hydroxylation sites is 2. The molecule has 0 unspecified atom stereocenters. The number of anilines is 2. The Bertz CT molecular complexity index is 1110. The Morgan fingerprint density at radius 1 is 1.03 bits per heavy atom. The summed E-state index contributed by atoms with van der Waals surface area (Å²) in [4.78, 5) is 26.8. The van der Waals surface area contributed by atoms with Gasteiger partial charge < -0.3 is 15.0 Å². The molecule has 2 aromatic rings. The van der Waals surface area contributed by atoms with Crippen LogP contribution in [0.3, 0.4) is 0 Å². The molecule has 9 heteroatoms. The van der Waals surface area contributed by atoms with E-state index in [1.807, 2.05) is 6.07 Å². The molecule has 0 atom stereocenters. The van der Waals surface area contributed by atoms with Crippen molar-refractivity contribution in [2.24, 2.45) is 0 Å². The second-order valence-corrected chi connectivity index (χ2v) is 9.50. The van der Waals surface area contributed by atoms with Crippen LogP contribution in [0.5, 0.6) is 5.75 Å². The summed E-state index contributed by atoms with van der Waals surface area (Å²) in [6, 6.07) is 11.5. The van der Waals surface area contributed by atoms with E-state index in [2.05, 4.69) is 5.32 Å². The number of nitrogens with zero attached hydrogens (tertiary/aromatic N) is 2. The van der Waals surface area contributed by atoms with E-state index >= 15 is 0 Å². The first-order valence-electron chi connectivity index (χ1n) is 10.3. The number of nitrogens with one attached hydrogen (secondary N) is 1. The third-order valence-electron chi connectivity index (χ3n) is 5.63. The van der Waals surface area contributed by atoms with Crippen LogP contribution in [0.4, 0.5) is 11.4 Å². The summed E-state index contributed by atoms with van der Waals surface area (Å²) in [6.07, 6.45) is 2.89. The van der Waals surface area contributed by atoms with Gasteiger partial charge in [-0.1, -0.05) is 12.1 Å². The molecule has 2 aliphatic rings. The van der Waals surface area contributed by atoms with Gasteiger partial charge in [-0.25, -0.2) is 8.42 Å². The summed E-state index contributed by atoms with van der Waals surface area (Å²) in [6.45, 7) is 1.52. The predicted octanol–water partition coefficient (Wildman–Crippen LogP) is 2.86. The van der Waals surface area contributed by atoms with Gasteiger partial charge in [0.25, 0.3) is 5.91 Å². The maximum atomic E-state index is 13.1. The SMILES string of the molecule is COc1ccc(C(=O)Nc2ccccc2N2CCCC2=O)cc1S(=O)(=O)N1CCCC1. The van der Waals surface area contributed by atoms with Gasteiger partial charge in [0.15, 0.2) is 0 Å². The zero-order valence-corrected chi connectivity index (χ0v) is 18.2. The van der Waals surface area contributed by atoms with E-state index < -0.39 is 15.9 Å². The minimum atomic E-state index is -3.76. The number of hydrogen-bond acceptors (Lipinski definition) is 5. The van der Waals surface area contributed by atoms with Gasteiger partial charge in [0.2, 0.25) is 15.9 Å². The van der Waals surface area contributed by atoms with E-state index in [1.54, 1.807) is 23.1 Å². The molecule has 2 heterocycles. The number of carbonyl (C=O) groups excluding carboxylic acids is 2. The van der Waals surface area contributed by atoms with E-state index in [4.69, 9.17) is 4.74 Å². The summed E-state index contributed by atoms with van der Waals surface area (Å²) in [7, 11) is -2.36. The normalized spacial score (nSPS) is 17.2. The first-order chi connectivity index (χ1) is 14.9. The van der Waals surface area contributed by atoms with Gasteiger partial charge in [0, 0.05) is 31.6 Å². The van der Waals surface area contributed by atoms with Gasteiger partial charge in [-0.05, 0) is 49.6 Å². The molecule has 0 bridgehead atoms. The molecule has 0 spiro atoms. The molecular formula is C22H25N3O5S. The molecule has 2 aromatic carbocycles. The number of benzene rings is 2. The first kappa shape index (κ1) is 21.3. The number of rotatable bonds is 6. The van der Waals surface area contributed by atoms with Crippen molar-refractivity contribution in [1.29, 1.82) is 0 Å². The summed E-state index contributed by atoms with van der Waals surface area (Å²) >= 11 is 0. The zero-order valence-electron chi connectivity index (χ0n) is 17.3. The number of methoxy groups -OCH3 is 1. The van der Waals surface area contributed by atoms with Crippen molar-refractivity contribution >= 4 is 33.2 Å². The standard InChI is InChI=1S/C22H25N3O5S/c1-30-19-11-10-16(15-20(19)31(28,29)24-12-4-5-13-24)22(27)23-17-7-2-3-8-18(17)25-14-6-9-21(25)26/h2-3,7-8,10-11,15H,4-6,9,12-14H2,1H3,(H,23,27). The van der Waals surface area contributed by atoms with Crippen molar-refractivity contribution in [2.45, 2.75) is 30.6 Å². The lowest BCUT2D eigenvalue weighted by atomic mass is 10.2. The Kier molecular flexibility index (Phi) is 5.97. The number of amides is 2. The lowest BCUT2D eigenvalue weighted by Crippen LogP contribution is -2.28. The van der Waals surface area contributed by atoms with Crippen LogP contribution >= 0.6 is 0 Å². The molecule has 0 radical (unpaired) electrons. The van der Waals surface area contributed by atoms with Crippen LogP contribution in [0.2, 0.25) is 0 Å². The van der Waals surface area contributed by atoms with Crippen molar-refractivity contribution < 1.29 is 22.7 Å². The maximum absolute atomic E-state index is 13.1. The second-order valence-electron chi connectivity index (χ2n) is 7.60. The van der Waals surface area contributed by atoms with Crippen LogP contribution in [-0.4, -0.2) is 51.3 Å². The minimum absolute atomic E-state index is 0.0186. The minimum Gasteiger partial charge on any atom is -0.495 e. The fourth-order valence-electron chi connectivity index (χ4n) is 4.00. The van der Waals surface area contributed by atoms with Gasteiger partial charge in [0.05, 0.1) is 18.5 Å². The van der Waals surface area contributed by atoms with Crippen molar-refractivity contribution in [1.82, 2.24) is 4.31 Å². The molecule has 31 heavy (non-hydrogen) atoms. The summed E-state index contributed by atoms with van der Waals surface area (Å²) < 4.78 is 32.8. The summed E-state index contributed by atoms with van der Waals surface area (Å²) in [5.74, 6) is -0.240. The van der Waals surface area contributed by atoms with Crippen LogP contribution in [0, 0.1) is 0 Å². The molecule has 0 aromatic heterocycles. The third-order valence-corrected chi connectivity index (χ3v) is 7.54. The molecule has 2 saturated heterocycles. The van der Waals surface area contributed by atoms with Crippen molar-refractivity contribution in [3.05, 3.63) is 48.0 Å². The predicted molar refractivity (Wildman–Crippen MR) is 117 cm³/mol.